The third kappa shape index (κ3) is 3.88. The van der Waals surface area contributed by atoms with Crippen LogP contribution in [0.3, 0.4) is 0 Å². The Kier molecular flexibility index (Phi) is 4.99. The molecule has 2 atom stereocenters. The van der Waals surface area contributed by atoms with Gasteiger partial charge in [-0.3, -0.25) is 4.79 Å². The van der Waals surface area contributed by atoms with Crippen LogP contribution in [-0.4, -0.2) is 50.1 Å². The molecule has 3 fully saturated rings. The van der Waals surface area contributed by atoms with Gasteiger partial charge in [-0.05, 0) is 50.4 Å². The minimum atomic E-state index is -3.13. The van der Waals surface area contributed by atoms with Crippen LogP contribution in [0.5, 0.6) is 0 Å². The Morgan fingerprint density at radius 3 is 2.17 bits per heavy atom. The molecule has 2 unspecified atom stereocenters. The molecule has 1 amide bonds. The molecule has 2 aliphatic carbocycles. The third-order valence-electron chi connectivity index (χ3n) is 5.98. The minimum Gasteiger partial charge on any atom is -0.353 e. The van der Waals surface area contributed by atoms with E-state index >= 15 is 0 Å². The van der Waals surface area contributed by atoms with E-state index in [0.717, 1.165) is 12.8 Å². The van der Waals surface area contributed by atoms with Gasteiger partial charge in [0.25, 0.3) is 0 Å². The fraction of sp³-hybridized carbons (Fsp3) is 0.938. The fourth-order valence-electron chi connectivity index (χ4n) is 4.76. The van der Waals surface area contributed by atoms with Crippen molar-refractivity contribution >= 4 is 15.9 Å². The van der Waals surface area contributed by atoms with E-state index in [1.165, 1.54) is 29.8 Å². The lowest BCUT2D eigenvalue weighted by Crippen LogP contribution is -2.55. The van der Waals surface area contributed by atoms with E-state index in [2.05, 4.69) is 5.32 Å². The maximum absolute atomic E-state index is 12.6. The Bertz CT molecular complexity index is 529. The van der Waals surface area contributed by atoms with Crippen molar-refractivity contribution in [2.45, 2.75) is 57.0 Å². The molecule has 3 aliphatic rings. The molecule has 0 aromatic rings. The first-order chi connectivity index (χ1) is 10.8. The lowest BCUT2D eigenvalue weighted by Gasteiger charge is -2.45. The second kappa shape index (κ2) is 6.69. The van der Waals surface area contributed by atoms with E-state index in [4.69, 9.17) is 5.73 Å². The summed E-state index contributed by atoms with van der Waals surface area (Å²) in [5.74, 6) is 1.12. The number of nitrogens with zero attached hydrogens (tertiary/aromatic N) is 1. The van der Waals surface area contributed by atoms with Crippen LogP contribution in [0.25, 0.3) is 0 Å². The lowest BCUT2D eigenvalue weighted by molar-refractivity contribution is -0.128. The maximum Gasteiger partial charge on any atom is 0.223 e. The summed E-state index contributed by atoms with van der Waals surface area (Å²) in [6.45, 7) is 0.915. The number of nitrogens with two attached hydrogens (primary N) is 1. The number of sulfonamides is 1. The second-order valence-corrected chi connectivity index (χ2v) is 9.64. The van der Waals surface area contributed by atoms with Crippen LogP contribution in [-0.2, 0) is 14.8 Å². The molecular weight excluding hydrogens is 314 g/mol. The van der Waals surface area contributed by atoms with E-state index in [1.807, 2.05) is 0 Å². The van der Waals surface area contributed by atoms with Crippen LogP contribution in [0.4, 0.5) is 0 Å². The van der Waals surface area contributed by atoms with Gasteiger partial charge in [0, 0.05) is 31.1 Å². The molecule has 1 saturated heterocycles. The third-order valence-corrected chi connectivity index (χ3v) is 7.28. The summed E-state index contributed by atoms with van der Waals surface area (Å²) < 4.78 is 24.6. The van der Waals surface area contributed by atoms with Crippen molar-refractivity contribution < 1.29 is 13.2 Å². The summed E-state index contributed by atoms with van der Waals surface area (Å²) in [6, 6.07) is 0.570. The quantitative estimate of drug-likeness (QED) is 0.788. The molecular formula is C16H29N3O3S. The van der Waals surface area contributed by atoms with E-state index < -0.39 is 10.0 Å². The summed E-state index contributed by atoms with van der Waals surface area (Å²) >= 11 is 0. The molecule has 132 valence electrons. The zero-order valence-corrected chi connectivity index (χ0v) is 14.7. The second-order valence-electron chi connectivity index (χ2n) is 7.65. The molecule has 3 N–H and O–H groups in total. The Labute approximate surface area is 139 Å². The Morgan fingerprint density at radius 2 is 1.65 bits per heavy atom. The monoisotopic (exact) mass is 343 g/mol. The summed E-state index contributed by atoms with van der Waals surface area (Å²) in [6.07, 6.45) is 8.12. The van der Waals surface area contributed by atoms with Crippen molar-refractivity contribution in [2.75, 3.05) is 19.3 Å². The number of carbonyl (C=O) groups is 1. The number of hydrogen-bond acceptors (Lipinski definition) is 4. The van der Waals surface area contributed by atoms with Gasteiger partial charge in [-0.25, -0.2) is 12.7 Å². The van der Waals surface area contributed by atoms with Crippen LogP contribution < -0.4 is 11.1 Å². The van der Waals surface area contributed by atoms with Crippen molar-refractivity contribution in [3.63, 3.8) is 0 Å². The molecule has 2 saturated carbocycles. The van der Waals surface area contributed by atoms with Gasteiger partial charge in [0.1, 0.15) is 0 Å². The summed E-state index contributed by atoms with van der Waals surface area (Å²) in [7, 11) is -3.13. The van der Waals surface area contributed by atoms with Crippen molar-refractivity contribution in [3.05, 3.63) is 0 Å². The molecule has 0 aromatic heterocycles. The first-order valence-corrected chi connectivity index (χ1v) is 10.7. The molecule has 7 heteroatoms. The fourth-order valence-corrected chi connectivity index (χ4v) is 5.63. The maximum atomic E-state index is 12.6. The van der Waals surface area contributed by atoms with Crippen molar-refractivity contribution in [3.8, 4) is 0 Å². The van der Waals surface area contributed by atoms with Crippen molar-refractivity contribution in [1.82, 2.24) is 9.62 Å². The number of carbonyl (C=O) groups excluding carboxylic acids is 1. The number of nitrogens with one attached hydrogen (secondary N) is 1. The van der Waals surface area contributed by atoms with Crippen LogP contribution in [0, 0.1) is 17.8 Å². The number of piperidine rings is 1. The lowest BCUT2D eigenvalue weighted by atomic mass is 9.67. The number of amides is 1. The molecule has 2 bridgehead atoms. The zero-order valence-electron chi connectivity index (χ0n) is 13.9. The van der Waals surface area contributed by atoms with Gasteiger partial charge in [0.15, 0.2) is 0 Å². The molecule has 1 heterocycles. The molecule has 1 aliphatic heterocycles. The van der Waals surface area contributed by atoms with Gasteiger partial charge < -0.3 is 11.1 Å². The molecule has 0 aromatic carbocycles. The van der Waals surface area contributed by atoms with Crippen LogP contribution in [0.2, 0.25) is 0 Å². The molecule has 0 spiro atoms. The van der Waals surface area contributed by atoms with Crippen molar-refractivity contribution in [2.24, 2.45) is 23.5 Å². The highest BCUT2D eigenvalue weighted by Gasteiger charge is 2.41. The highest BCUT2D eigenvalue weighted by molar-refractivity contribution is 7.88. The molecule has 3 rings (SSSR count). The molecule has 6 nitrogen and oxygen atoms in total. The predicted molar refractivity (Wildman–Crippen MR) is 89.1 cm³/mol. The minimum absolute atomic E-state index is 0.0515. The van der Waals surface area contributed by atoms with Gasteiger partial charge in [0.2, 0.25) is 15.9 Å². The van der Waals surface area contributed by atoms with Gasteiger partial charge >= 0.3 is 0 Å². The SMILES string of the molecule is CS(=O)(=O)N1CCC(C(=O)NC2C3CCCC2CC(N)C3)CC1. The van der Waals surface area contributed by atoms with Gasteiger partial charge in [-0.1, -0.05) is 6.42 Å². The van der Waals surface area contributed by atoms with E-state index in [9.17, 15) is 13.2 Å². The smallest absolute Gasteiger partial charge is 0.223 e. The topological polar surface area (TPSA) is 92.5 Å². The van der Waals surface area contributed by atoms with Crippen LogP contribution in [0.1, 0.15) is 44.9 Å². The highest BCUT2D eigenvalue weighted by atomic mass is 32.2. The summed E-state index contributed by atoms with van der Waals surface area (Å²) in [4.78, 5) is 12.6. The summed E-state index contributed by atoms with van der Waals surface area (Å²) in [5.41, 5.74) is 6.14. The average Bonchev–Trinajstić information content (AvgIpc) is 2.47. The Balaban J connectivity index is 1.56. The standard InChI is InChI=1S/C16H29N3O3S/c1-23(21,22)19-7-5-11(6-8-19)16(20)18-15-12-3-2-4-13(15)10-14(17)9-12/h11-15H,2-10,17H2,1H3,(H,18,20). The number of hydrogen-bond donors (Lipinski definition) is 2. The average molecular weight is 343 g/mol. The van der Waals surface area contributed by atoms with E-state index in [-0.39, 0.29) is 23.9 Å². The van der Waals surface area contributed by atoms with E-state index in [1.54, 1.807) is 0 Å². The van der Waals surface area contributed by atoms with Crippen molar-refractivity contribution in [1.29, 1.82) is 0 Å². The summed E-state index contributed by atoms with van der Waals surface area (Å²) in [5, 5.41) is 3.30. The normalized spacial score (nSPS) is 36.6. The first kappa shape index (κ1) is 17.2. The highest BCUT2D eigenvalue weighted by Crippen LogP contribution is 2.40. The van der Waals surface area contributed by atoms with Crippen LogP contribution >= 0.6 is 0 Å². The predicted octanol–water partition coefficient (Wildman–Crippen LogP) is 0.680. The number of fused-ring (bicyclic) bond motifs is 2. The van der Waals surface area contributed by atoms with Gasteiger partial charge in [-0.2, -0.15) is 0 Å². The van der Waals surface area contributed by atoms with E-state index in [0.29, 0.717) is 37.8 Å². The largest absolute Gasteiger partial charge is 0.353 e. The Morgan fingerprint density at radius 1 is 1.09 bits per heavy atom. The van der Waals surface area contributed by atoms with Gasteiger partial charge in [0.05, 0.1) is 6.26 Å². The first-order valence-electron chi connectivity index (χ1n) is 8.85. The number of rotatable bonds is 3. The van der Waals surface area contributed by atoms with Gasteiger partial charge in [-0.15, -0.1) is 0 Å². The molecule has 23 heavy (non-hydrogen) atoms. The Hall–Kier alpha value is -0.660. The zero-order chi connectivity index (χ0) is 16.6. The van der Waals surface area contributed by atoms with Crippen LogP contribution in [0.15, 0.2) is 0 Å². The molecule has 0 radical (unpaired) electrons.